The lowest BCUT2D eigenvalue weighted by atomic mass is 9.76. The van der Waals surface area contributed by atoms with E-state index in [0.717, 1.165) is 12.8 Å². The van der Waals surface area contributed by atoms with Crippen LogP contribution in [0.1, 0.15) is 45.4 Å². The molecule has 0 fully saturated rings. The molecule has 0 saturated heterocycles. The van der Waals surface area contributed by atoms with Crippen molar-refractivity contribution in [2.45, 2.75) is 46.1 Å². The van der Waals surface area contributed by atoms with Crippen molar-refractivity contribution in [1.29, 1.82) is 0 Å². The highest BCUT2D eigenvalue weighted by molar-refractivity contribution is 6.06. The van der Waals surface area contributed by atoms with Crippen LogP contribution in [0.15, 0.2) is 17.5 Å². The predicted octanol–water partition coefficient (Wildman–Crippen LogP) is 1.70. The van der Waals surface area contributed by atoms with Crippen molar-refractivity contribution < 1.29 is 10.0 Å². The molecule has 0 aliphatic heterocycles. The molecule has 1 amide bonds. The normalized spacial score (nSPS) is 12.4. The molecule has 118 valence electrons. The van der Waals surface area contributed by atoms with Crippen LogP contribution < -0.4 is 5.73 Å². The molecule has 0 aliphatic rings. The van der Waals surface area contributed by atoms with Crippen LogP contribution in [0.3, 0.4) is 0 Å². The molecule has 0 atom stereocenters. The molecular formula is C14H25N5O2. The monoisotopic (exact) mass is 295 g/mol. The van der Waals surface area contributed by atoms with E-state index in [2.05, 4.69) is 15.1 Å². The Kier molecular flexibility index (Phi) is 6.20. The second kappa shape index (κ2) is 7.66. The van der Waals surface area contributed by atoms with Crippen molar-refractivity contribution in [3.63, 3.8) is 0 Å². The molecule has 0 aliphatic carbocycles. The number of rotatable bonds is 8. The molecule has 0 unspecified atom stereocenters. The summed E-state index contributed by atoms with van der Waals surface area (Å²) in [6.07, 6.45) is 6.01. The minimum atomic E-state index is -0.945. The van der Waals surface area contributed by atoms with Crippen LogP contribution in [0.5, 0.6) is 0 Å². The summed E-state index contributed by atoms with van der Waals surface area (Å²) in [5, 5.41) is 12.2. The van der Waals surface area contributed by atoms with Crippen molar-refractivity contribution in [3.8, 4) is 0 Å². The summed E-state index contributed by atoms with van der Waals surface area (Å²) in [5.74, 6) is 0.549. The Morgan fingerprint density at radius 1 is 1.48 bits per heavy atom. The van der Waals surface area contributed by atoms with Crippen molar-refractivity contribution in [2.75, 3.05) is 7.05 Å². The quantitative estimate of drug-likeness (QED) is 0.293. The number of hydrogen-bond acceptors (Lipinski definition) is 4. The van der Waals surface area contributed by atoms with E-state index in [1.165, 1.54) is 0 Å². The van der Waals surface area contributed by atoms with Gasteiger partial charge >= 0.3 is 0 Å². The topological polar surface area (TPSA) is 108 Å². The lowest BCUT2D eigenvalue weighted by molar-refractivity contribution is -0.138. The molecule has 7 nitrogen and oxygen atoms in total. The predicted molar refractivity (Wildman–Crippen MR) is 80.7 cm³/mol. The van der Waals surface area contributed by atoms with E-state index in [4.69, 9.17) is 10.9 Å². The van der Waals surface area contributed by atoms with Gasteiger partial charge in [0, 0.05) is 19.4 Å². The molecule has 7 heteroatoms. The molecule has 0 bridgehead atoms. The Morgan fingerprint density at radius 2 is 2.10 bits per heavy atom. The Balaban J connectivity index is 3.02. The average molecular weight is 295 g/mol. The first-order valence-corrected chi connectivity index (χ1v) is 7.23. The summed E-state index contributed by atoms with van der Waals surface area (Å²) < 4.78 is 0. The fraction of sp³-hybridized carbons (Fsp3) is 0.643. The zero-order valence-electron chi connectivity index (χ0n) is 13.0. The van der Waals surface area contributed by atoms with Crippen LogP contribution in [-0.2, 0) is 11.3 Å². The van der Waals surface area contributed by atoms with Gasteiger partial charge in [0.2, 0.25) is 5.91 Å². The minimum Gasteiger partial charge on any atom is -0.409 e. The first-order chi connectivity index (χ1) is 10.0. The highest BCUT2D eigenvalue weighted by Crippen LogP contribution is 2.32. The Bertz CT molecular complexity index is 464. The van der Waals surface area contributed by atoms with Crippen LogP contribution in [0, 0.1) is 5.41 Å². The molecule has 0 aromatic carbocycles. The van der Waals surface area contributed by atoms with Gasteiger partial charge in [-0.25, -0.2) is 4.98 Å². The van der Waals surface area contributed by atoms with Crippen LogP contribution in [0.2, 0.25) is 0 Å². The second-order valence-electron chi connectivity index (χ2n) is 5.26. The maximum Gasteiger partial charge on any atom is 0.236 e. The summed E-state index contributed by atoms with van der Waals surface area (Å²) in [6.45, 7) is 4.32. The Morgan fingerprint density at radius 3 is 2.52 bits per heavy atom. The molecule has 1 aromatic heterocycles. The molecule has 0 radical (unpaired) electrons. The summed E-state index contributed by atoms with van der Waals surface area (Å²) in [4.78, 5) is 21.5. The fourth-order valence-corrected chi connectivity index (χ4v) is 2.70. The lowest BCUT2D eigenvalue weighted by Gasteiger charge is -2.34. The van der Waals surface area contributed by atoms with Crippen LogP contribution in [-0.4, -0.2) is 38.9 Å². The summed E-state index contributed by atoms with van der Waals surface area (Å²) in [7, 11) is 1.70. The van der Waals surface area contributed by atoms with Gasteiger partial charge in [-0.2, -0.15) is 0 Å². The number of carbonyl (C=O) groups is 1. The standard InChI is InChI=1S/C14H25N5O2/c1-4-6-14(7-5-2,12(15)18-21)13(20)19(3)10-11-16-8-9-17-11/h8-9,21H,4-7,10H2,1-3H3,(H2,15,18)(H,16,17). The lowest BCUT2D eigenvalue weighted by Crippen LogP contribution is -2.50. The van der Waals surface area contributed by atoms with Crippen LogP contribution in [0.25, 0.3) is 0 Å². The van der Waals surface area contributed by atoms with Gasteiger partial charge < -0.3 is 20.8 Å². The number of nitrogens with two attached hydrogens (primary N) is 1. The third-order valence-electron chi connectivity index (χ3n) is 3.65. The van der Waals surface area contributed by atoms with Gasteiger partial charge in [-0.05, 0) is 12.8 Å². The third-order valence-corrected chi connectivity index (χ3v) is 3.65. The first kappa shape index (κ1) is 17.0. The molecule has 0 spiro atoms. The number of aromatic nitrogens is 2. The first-order valence-electron chi connectivity index (χ1n) is 7.23. The number of nitrogens with one attached hydrogen (secondary N) is 1. The second-order valence-corrected chi connectivity index (χ2v) is 5.26. The molecular weight excluding hydrogens is 270 g/mol. The van der Waals surface area contributed by atoms with Gasteiger partial charge in [-0.3, -0.25) is 4.79 Å². The van der Waals surface area contributed by atoms with E-state index in [1.807, 2.05) is 13.8 Å². The van der Waals surface area contributed by atoms with E-state index in [0.29, 0.717) is 25.2 Å². The van der Waals surface area contributed by atoms with Crippen LogP contribution >= 0.6 is 0 Å². The number of hydrogen-bond donors (Lipinski definition) is 3. The van der Waals surface area contributed by atoms with E-state index in [9.17, 15) is 4.79 Å². The third kappa shape index (κ3) is 3.74. The van der Waals surface area contributed by atoms with Gasteiger partial charge in [0.25, 0.3) is 0 Å². The number of carbonyl (C=O) groups excluding carboxylic acids is 1. The highest BCUT2D eigenvalue weighted by atomic mass is 16.4. The maximum absolute atomic E-state index is 12.9. The molecule has 1 aromatic rings. The maximum atomic E-state index is 12.9. The fourth-order valence-electron chi connectivity index (χ4n) is 2.70. The number of H-pyrrole nitrogens is 1. The molecule has 1 heterocycles. The highest BCUT2D eigenvalue weighted by Gasteiger charge is 2.43. The molecule has 4 N–H and O–H groups in total. The number of nitrogens with zero attached hydrogens (tertiary/aromatic N) is 3. The average Bonchev–Trinajstić information content (AvgIpc) is 2.98. The van der Waals surface area contributed by atoms with Crippen LogP contribution in [0.4, 0.5) is 0 Å². The Labute approximate surface area is 125 Å². The smallest absolute Gasteiger partial charge is 0.236 e. The van der Waals surface area contributed by atoms with Crippen molar-refractivity contribution >= 4 is 11.7 Å². The largest absolute Gasteiger partial charge is 0.409 e. The summed E-state index contributed by atoms with van der Waals surface area (Å²) in [5.41, 5.74) is 4.92. The van der Waals surface area contributed by atoms with Gasteiger partial charge in [-0.1, -0.05) is 31.8 Å². The molecule has 0 saturated carbocycles. The van der Waals surface area contributed by atoms with E-state index in [1.54, 1.807) is 24.3 Å². The van der Waals surface area contributed by atoms with Crippen molar-refractivity contribution in [1.82, 2.24) is 14.9 Å². The van der Waals surface area contributed by atoms with Gasteiger partial charge in [-0.15, -0.1) is 0 Å². The summed E-state index contributed by atoms with van der Waals surface area (Å²) >= 11 is 0. The van der Waals surface area contributed by atoms with Gasteiger partial charge in [0.05, 0.1) is 6.54 Å². The Hall–Kier alpha value is -2.05. The number of amidine groups is 1. The van der Waals surface area contributed by atoms with Crippen molar-refractivity contribution in [2.24, 2.45) is 16.3 Å². The zero-order valence-corrected chi connectivity index (χ0v) is 13.0. The molecule has 21 heavy (non-hydrogen) atoms. The number of oxime groups is 1. The number of imidazole rings is 1. The number of aromatic amines is 1. The van der Waals surface area contributed by atoms with E-state index >= 15 is 0 Å². The van der Waals surface area contributed by atoms with Crippen molar-refractivity contribution in [3.05, 3.63) is 18.2 Å². The summed E-state index contributed by atoms with van der Waals surface area (Å²) in [6, 6.07) is 0. The SMILES string of the molecule is CCCC(CCC)(C(=O)N(C)Cc1ncc[nH]1)C(N)=NO. The van der Waals surface area contributed by atoms with Gasteiger partial charge in [0.1, 0.15) is 11.2 Å². The minimum absolute atomic E-state index is 0.0116. The zero-order chi connectivity index (χ0) is 15.9. The van der Waals surface area contributed by atoms with Gasteiger partial charge in [0.15, 0.2) is 5.84 Å². The number of amides is 1. The van der Waals surface area contributed by atoms with E-state index < -0.39 is 5.41 Å². The molecule has 1 rings (SSSR count). The van der Waals surface area contributed by atoms with E-state index in [-0.39, 0.29) is 11.7 Å².